The van der Waals surface area contributed by atoms with Gasteiger partial charge in [0.1, 0.15) is 6.54 Å². The van der Waals surface area contributed by atoms with Crippen LogP contribution in [0.4, 0.5) is 18.0 Å². The Morgan fingerprint density at radius 2 is 2.07 bits per heavy atom. The van der Waals surface area contributed by atoms with Crippen LogP contribution in [-0.4, -0.2) is 36.8 Å². The van der Waals surface area contributed by atoms with Gasteiger partial charge in [0.15, 0.2) is 0 Å². The first-order chi connectivity index (χ1) is 6.35. The lowest BCUT2D eigenvalue weighted by Crippen LogP contribution is -2.45. The van der Waals surface area contributed by atoms with Crippen molar-refractivity contribution in [3.8, 4) is 0 Å². The quantitative estimate of drug-likeness (QED) is 0.770. The average molecular weight is 230 g/mol. The number of urea groups is 1. The lowest BCUT2D eigenvalue weighted by atomic mass is 10.4. The number of thioether (sulfide) groups is 1. The van der Waals surface area contributed by atoms with Gasteiger partial charge >= 0.3 is 12.2 Å². The minimum absolute atomic E-state index is 0.141. The molecular weight excluding hydrogens is 217 g/mol. The van der Waals surface area contributed by atoms with Gasteiger partial charge in [-0.3, -0.25) is 0 Å². The number of carbonyl (C=O) groups is 1. The summed E-state index contributed by atoms with van der Waals surface area (Å²) in [7, 11) is 0. The van der Waals surface area contributed by atoms with E-state index in [1.54, 1.807) is 12.2 Å². The van der Waals surface area contributed by atoms with E-state index in [1.807, 2.05) is 6.26 Å². The van der Waals surface area contributed by atoms with Crippen LogP contribution in [0, 0.1) is 0 Å². The van der Waals surface area contributed by atoms with Crippen molar-refractivity contribution in [2.75, 3.05) is 18.6 Å². The van der Waals surface area contributed by atoms with E-state index in [0.29, 0.717) is 5.75 Å². The largest absolute Gasteiger partial charge is 0.405 e. The molecule has 0 aromatic rings. The SMILES string of the molecule is CSCC(C)NC(=O)NCC(F)(F)F. The highest BCUT2D eigenvalue weighted by molar-refractivity contribution is 7.98. The van der Waals surface area contributed by atoms with Gasteiger partial charge in [-0.25, -0.2) is 4.79 Å². The Kier molecular flexibility index (Phi) is 5.75. The molecule has 0 aliphatic carbocycles. The maximum absolute atomic E-state index is 11.7. The number of hydrogen-bond donors (Lipinski definition) is 2. The van der Waals surface area contributed by atoms with Crippen molar-refractivity contribution in [3.63, 3.8) is 0 Å². The highest BCUT2D eigenvalue weighted by atomic mass is 32.2. The number of alkyl halides is 3. The van der Waals surface area contributed by atoms with Gasteiger partial charge < -0.3 is 10.6 Å². The third-order valence-electron chi connectivity index (χ3n) is 1.24. The lowest BCUT2D eigenvalue weighted by molar-refractivity contribution is -0.122. The summed E-state index contributed by atoms with van der Waals surface area (Å²) in [5.74, 6) is 0.666. The standard InChI is InChI=1S/C7H13F3N2OS/c1-5(3-14-2)12-6(13)11-4-7(8,9)10/h5H,3-4H2,1-2H3,(H2,11,12,13). The van der Waals surface area contributed by atoms with Gasteiger partial charge in [-0.05, 0) is 13.2 Å². The van der Waals surface area contributed by atoms with Crippen molar-refractivity contribution in [1.29, 1.82) is 0 Å². The summed E-state index contributed by atoms with van der Waals surface area (Å²) < 4.78 is 35.0. The van der Waals surface area contributed by atoms with Crippen LogP contribution in [0.15, 0.2) is 0 Å². The molecule has 0 aliphatic heterocycles. The van der Waals surface area contributed by atoms with Crippen molar-refractivity contribution >= 4 is 17.8 Å². The fourth-order valence-corrected chi connectivity index (χ4v) is 1.33. The van der Waals surface area contributed by atoms with Crippen LogP contribution in [0.25, 0.3) is 0 Å². The molecule has 2 amide bonds. The predicted octanol–water partition coefficient (Wildman–Crippen LogP) is 1.60. The molecule has 0 rings (SSSR count). The Labute approximate surface area is 84.8 Å². The smallest absolute Gasteiger partial charge is 0.335 e. The van der Waals surface area contributed by atoms with Gasteiger partial charge in [0.2, 0.25) is 0 Å². The number of carbonyl (C=O) groups excluding carboxylic acids is 1. The zero-order valence-corrected chi connectivity index (χ0v) is 8.76. The van der Waals surface area contributed by atoms with Crippen LogP contribution < -0.4 is 10.6 Å². The van der Waals surface area contributed by atoms with Crippen molar-refractivity contribution in [3.05, 3.63) is 0 Å². The second-order valence-electron chi connectivity index (χ2n) is 2.80. The summed E-state index contributed by atoms with van der Waals surface area (Å²) in [6.07, 6.45) is -2.51. The van der Waals surface area contributed by atoms with Crippen molar-refractivity contribution < 1.29 is 18.0 Å². The third-order valence-corrected chi connectivity index (χ3v) is 2.08. The second-order valence-corrected chi connectivity index (χ2v) is 3.71. The third kappa shape index (κ3) is 8.03. The van der Waals surface area contributed by atoms with E-state index in [4.69, 9.17) is 0 Å². The van der Waals surface area contributed by atoms with Crippen molar-refractivity contribution in [1.82, 2.24) is 10.6 Å². The van der Waals surface area contributed by atoms with Gasteiger partial charge in [0.25, 0.3) is 0 Å². The molecule has 1 atom stereocenters. The normalized spacial score (nSPS) is 13.5. The summed E-state index contributed by atoms with van der Waals surface area (Å²) in [4.78, 5) is 10.8. The zero-order valence-electron chi connectivity index (χ0n) is 7.94. The van der Waals surface area contributed by atoms with E-state index in [9.17, 15) is 18.0 Å². The Bertz CT molecular complexity index is 186. The highest BCUT2D eigenvalue weighted by Gasteiger charge is 2.27. The summed E-state index contributed by atoms with van der Waals surface area (Å²) in [6.45, 7) is 0.425. The van der Waals surface area contributed by atoms with Gasteiger partial charge in [-0.15, -0.1) is 0 Å². The van der Waals surface area contributed by atoms with Gasteiger partial charge in [-0.1, -0.05) is 0 Å². The summed E-state index contributed by atoms with van der Waals surface area (Å²) >= 11 is 1.51. The maximum atomic E-state index is 11.7. The predicted molar refractivity (Wildman–Crippen MR) is 50.4 cm³/mol. The minimum Gasteiger partial charge on any atom is -0.335 e. The first kappa shape index (κ1) is 13.4. The molecule has 2 N–H and O–H groups in total. The van der Waals surface area contributed by atoms with E-state index in [-0.39, 0.29) is 6.04 Å². The number of amides is 2. The lowest BCUT2D eigenvalue weighted by Gasteiger charge is -2.14. The summed E-state index contributed by atoms with van der Waals surface area (Å²) in [5, 5.41) is 4.11. The maximum Gasteiger partial charge on any atom is 0.405 e. The molecule has 0 spiro atoms. The molecule has 1 unspecified atom stereocenters. The molecule has 0 aromatic carbocycles. The molecule has 0 saturated carbocycles. The number of rotatable bonds is 4. The van der Waals surface area contributed by atoms with E-state index < -0.39 is 18.8 Å². The van der Waals surface area contributed by atoms with E-state index in [0.717, 1.165) is 0 Å². The summed E-state index contributed by atoms with van der Waals surface area (Å²) in [5.41, 5.74) is 0. The first-order valence-corrected chi connectivity index (χ1v) is 5.34. The van der Waals surface area contributed by atoms with Crippen LogP contribution in [0.1, 0.15) is 6.92 Å². The number of nitrogens with one attached hydrogen (secondary N) is 2. The molecule has 3 nitrogen and oxygen atoms in total. The molecule has 0 bridgehead atoms. The second kappa shape index (κ2) is 6.00. The van der Waals surface area contributed by atoms with Crippen LogP contribution in [0.3, 0.4) is 0 Å². The molecule has 84 valence electrons. The zero-order chi connectivity index (χ0) is 11.2. The molecule has 0 saturated heterocycles. The Balaban J connectivity index is 3.65. The topological polar surface area (TPSA) is 41.1 Å². The molecule has 0 heterocycles. The monoisotopic (exact) mass is 230 g/mol. The fourth-order valence-electron chi connectivity index (χ4n) is 0.747. The van der Waals surface area contributed by atoms with Gasteiger partial charge in [-0.2, -0.15) is 24.9 Å². The molecular formula is C7H13F3N2OS. The molecule has 14 heavy (non-hydrogen) atoms. The van der Waals surface area contributed by atoms with Crippen molar-refractivity contribution in [2.24, 2.45) is 0 Å². The fraction of sp³-hybridized carbons (Fsp3) is 0.857. The first-order valence-electron chi connectivity index (χ1n) is 3.95. The molecule has 7 heteroatoms. The van der Waals surface area contributed by atoms with Crippen LogP contribution in [0.5, 0.6) is 0 Å². The summed E-state index contributed by atoms with van der Waals surface area (Å²) in [6, 6.07) is -0.929. The van der Waals surface area contributed by atoms with Gasteiger partial charge in [0.05, 0.1) is 0 Å². The molecule has 0 aliphatic rings. The van der Waals surface area contributed by atoms with Crippen molar-refractivity contribution in [2.45, 2.75) is 19.1 Å². The van der Waals surface area contributed by atoms with Crippen LogP contribution in [0.2, 0.25) is 0 Å². The van der Waals surface area contributed by atoms with Gasteiger partial charge in [0, 0.05) is 11.8 Å². The molecule has 0 fully saturated rings. The number of hydrogen-bond acceptors (Lipinski definition) is 2. The minimum atomic E-state index is -4.36. The van der Waals surface area contributed by atoms with E-state index >= 15 is 0 Å². The Hall–Kier alpha value is -0.590. The van der Waals surface area contributed by atoms with E-state index in [1.165, 1.54) is 11.8 Å². The highest BCUT2D eigenvalue weighted by Crippen LogP contribution is 2.11. The molecule has 0 aromatic heterocycles. The van der Waals surface area contributed by atoms with E-state index in [2.05, 4.69) is 5.32 Å². The van der Waals surface area contributed by atoms with Crippen LogP contribution in [-0.2, 0) is 0 Å². The molecule has 0 radical (unpaired) electrons. The Morgan fingerprint density at radius 3 is 2.50 bits per heavy atom. The number of halogens is 3. The average Bonchev–Trinajstić information content (AvgIpc) is 2.00. The van der Waals surface area contributed by atoms with Crippen LogP contribution >= 0.6 is 11.8 Å². The Morgan fingerprint density at radius 1 is 1.50 bits per heavy atom.